The van der Waals surface area contributed by atoms with Crippen LogP contribution in [0.2, 0.25) is 0 Å². The summed E-state index contributed by atoms with van der Waals surface area (Å²) < 4.78 is 18.4. The molecule has 0 saturated carbocycles. The number of pyridine rings is 1. The zero-order chi connectivity index (χ0) is 24.5. The van der Waals surface area contributed by atoms with Gasteiger partial charge in [-0.1, -0.05) is 26.7 Å². The van der Waals surface area contributed by atoms with E-state index in [9.17, 15) is 0 Å². The molecule has 2 heterocycles. The molecular formula is C25H38N6O3. The molecule has 0 fully saturated rings. The molecule has 0 bridgehead atoms. The van der Waals surface area contributed by atoms with Crippen LogP contribution in [-0.4, -0.2) is 55.5 Å². The summed E-state index contributed by atoms with van der Waals surface area (Å²) >= 11 is 0. The minimum absolute atomic E-state index is 0.469. The molecule has 3 N–H and O–H groups in total. The van der Waals surface area contributed by atoms with E-state index in [2.05, 4.69) is 30.1 Å². The summed E-state index contributed by atoms with van der Waals surface area (Å²) in [7, 11) is 4.78. The number of anilines is 3. The van der Waals surface area contributed by atoms with Crippen LogP contribution >= 0.6 is 0 Å². The van der Waals surface area contributed by atoms with E-state index in [4.69, 9.17) is 29.9 Å². The van der Waals surface area contributed by atoms with Crippen LogP contribution < -0.4 is 30.2 Å². The molecule has 0 spiro atoms. The Morgan fingerprint density at radius 2 is 1.59 bits per heavy atom. The molecule has 9 heteroatoms. The lowest BCUT2D eigenvalue weighted by atomic mass is 10.2. The van der Waals surface area contributed by atoms with Crippen molar-refractivity contribution < 1.29 is 14.2 Å². The van der Waals surface area contributed by atoms with Crippen LogP contribution in [0.5, 0.6) is 17.2 Å². The standard InChI is InChI=1S/C25H38N6O3/c1-6-8-13-30(14-9-7-2)22-11-10-19-24(29-22)31(15-12-26)25(28-19)27-18-16-20(32-3)23(34-5)21(17-18)33-4/h10-11,16-17H,6-9,12-15,26H2,1-5H3,(H,27,28). The largest absolute Gasteiger partial charge is 0.493 e. The summed E-state index contributed by atoms with van der Waals surface area (Å²) in [6.07, 6.45) is 4.58. The molecule has 0 radical (unpaired) electrons. The molecule has 3 rings (SSSR count). The van der Waals surface area contributed by atoms with Crippen molar-refractivity contribution in [1.82, 2.24) is 14.5 Å². The van der Waals surface area contributed by atoms with Gasteiger partial charge in [0.15, 0.2) is 17.1 Å². The van der Waals surface area contributed by atoms with E-state index >= 15 is 0 Å². The summed E-state index contributed by atoms with van der Waals surface area (Å²) in [6.45, 7) is 7.48. The molecule has 0 aliphatic carbocycles. The normalized spacial score (nSPS) is 11.0. The number of nitrogens with zero attached hydrogens (tertiary/aromatic N) is 4. The molecule has 0 saturated heterocycles. The summed E-state index contributed by atoms with van der Waals surface area (Å²) in [5.41, 5.74) is 8.35. The van der Waals surface area contributed by atoms with E-state index in [1.807, 2.05) is 22.8 Å². The monoisotopic (exact) mass is 470 g/mol. The number of aromatic nitrogens is 3. The average Bonchev–Trinajstić information content (AvgIpc) is 3.19. The second-order valence-corrected chi connectivity index (χ2v) is 8.12. The first-order valence-corrected chi connectivity index (χ1v) is 12.0. The lowest BCUT2D eigenvalue weighted by Crippen LogP contribution is -2.26. The molecule has 0 unspecified atom stereocenters. The number of rotatable bonds is 14. The van der Waals surface area contributed by atoms with Gasteiger partial charge in [0.05, 0.1) is 21.3 Å². The van der Waals surface area contributed by atoms with Crippen LogP contribution in [0.4, 0.5) is 17.5 Å². The summed E-state index contributed by atoms with van der Waals surface area (Å²) in [5.74, 6) is 3.30. The minimum atomic E-state index is 0.469. The fourth-order valence-electron chi connectivity index (χ4n) is 3.93. The van der Waals surface area contributed by atoms with E-state index in [0.29, 0.717) is 36.3 Å². The third-order valence-corrected chi connectivity index (χ3v) is 5.74. The number of unbranched alkanes of at least 4 members (excludes halogenated alkanes) is 2. The third kappa shape index (κ3) is 5.64. The maximum atomic E-state index is 5.96. The van der Waals surface area contributed by atoms with Gasteiger partial charge in [0, 0.05) is 44.0 Å². The number of nitrogens with two attached hydrogens (primary N) is 1. The molecule has 0 aliphatic rings. The number of imidazole rings is 1. The first-order valence-electron chi connectivity index (χ1n) is 12.0. The Kier molecular flexibility index (Phi) is 9.21. The average molecular weight is 471 g/mol. The van der Waals surface area contributed by atoms with Gasteiger partial charge in [-0.05, 0) is 25.0 Å². The smallest absolute Gasteiger partial charge is 0.209 e. The van der Waals surface area contributed by atoms with Gasteiger partial charge in [-0.15, -0.1) is 0 Å². The number of fused-ring (bicyclic) bond motifs is 1. The number of methoxy groups -OCH3 is 3. The van der Waals surface area contributed by atoms with Crippen LogP contribution in [0.3, 0.4) is 0 Å². The summed E-state index contributed by atoms with van der Waals surface area (Å²) in [4.78, 5) is 12.2. The van der Waals surface area contributed by atoms with Crippen LogP contribution in [0.25, 0.3) is 11.2 Å². The lowest BCUT2D eigenvalue weighted by molar-refractivity contribution is 0.324. The number of benzene rings is 1. The Bertz CT molecular complexity index is 1040. The molecule has 9 nitrogen and oxygen atoms in total. The van der Waals surface area contributed by atoms with Crippen LogP contribution in [0, 0.1) is 0 Å². The maximum absolute atomic E-state index is 5.96. The fraction of sp³-hybridized carbons (Fsp3) is 0.520. The van der Waals surface area contributed by atoms with Crippen molar-refractivity contribution >= 4 is 28.6 Å². The zero-order valence-electron chi connectivity index (χ0n) is 21.1. The lowest BCUT2D eigenvalue weighted by Gasteiger charge is -2.23. The molecule has 34 heavy (non-hydrogen) atoms. The van der Waals surface area contributed by atoms with E-state index in [1.54, 1.807) is 21.3 Å². The Hall–Kier alpha value is -3.20. The van der Waals surface area contributed by atoms with E-state index < -0.39 is 0 Å². The van der Waals surface area contributed by atoms with Crippen molar-refractivity contribution in [2.75, 3.05) is 51.2 Å². The van der Waals surface area contributed by atoms with Gasteiger partial charge >= 0.3 is 0 Å². The van der Waals surface area contributed by atoms with Gasteiger partial charge in [0.1, 0.15) is 11.3 Å². The Labute approximate surface area is 202 Å². The second-order valence-electron chi connectivity index (χ2n) is 8.12. The topological polar surface area (TPSA) is 99.7 Å². The van der Waals surface area contributed by atoms with Crippen molar-refractivity contribution in [3.63, 3.8) is 0 Å². The van der Waals surface area contributed by atoms with Crippen molar-refractivity contribution in [1.29, 1.82) is 0 Å². The SMILES string of the molecule is CCCCN(CCCC)c1ccc2nc(Nc3cc(OC)c(OC)c(OC)c3)n(CCN)c2n1. The maximum Gasteiger partial charge on any atom is 0.209 e. The van der Waals surface area contributed by atoms with Crippen molar-refractivity contribution in [2.45, 2.75) is 46.1 Å². The number of ether oxygens (including phenoxy) is 3. The highest BCUT2D eigenvalue weighted by Gasteiger charge is 2.18. The number of nitrogens with one attached hydrogen (secondary N) is 1. The van der Waals surface area contributed by atoms with Gasteiger partial charge in [0.25, 0.3) is 0 Å². The van der Waals surface area contributed by atoms with Crippen LogP contribution in [0.15, 0.2) is 24.3 Å². The number of hydrogen-bond donors (Lipinski definition) is 2. The highest BCUT2D eigenvalue weighted by molar-refractivity contribution is 5.78. The van der Waals surface area contributed by atoms with Gasteiger partial charge < -0.3 is 30.2 Å². The molecule has 0 aliphatic heterocycles. The highest BCUT2D eigenvalue weighted by atomic mass is 16.5. The molecule has 0 amide bonds. The predicted molar refractivity (Wildman–Crippen MR) is 138 cm³/mol. The quantitative estimate of drug-likeness (QED) is 0.354. The third-order valence-electron chi connectivity index (χ3n) is 5.74. The summed E-state index contributed by atoms with van der Waals surface area (Å²) in [6, 6.07) is 7.81. The Balaban J connectivity index is 2.01. The van der Waals surface area contributed by atoms with Gasteiger partial charge in [-0.3, -0.25) is 4.57 Å². The predicted octanol–water partition coefficient (Wildman–Crippen LogP) is 4.57. The molecular weight excluding hydrogens is 432 g/mol. The number of hydrogen-bond acceptors (Lipinski definition) is 8. The first kappa shape index (κ1) is 25.4. The first-order chi connectivity index (χ1) is 16.6. The molecule has 0 atom stereocenters. The van der Waals surface area contributed by atoms with Crippen LogP contribution in [-0.2, 0) is 6.54 Å². The molecule has 186 valence electrons. The van der Waals surface area contributed by atoms with E-state index in [0.717, 1.165) is 61.4 Å². The Morgan fingerprint density at radius 3 is 2.12 bits per heavy atom. The van der Waals surface area contributed by atoms with E-state index in [-0.39, 0.29) is 0 Å². The van der Waals surface area contributed by atoms with Crippen molar-refractivity contribution in [3.8, 4) is 17.2 Å². The molecule has 1 aromatic carbocycles. The fourth-order valence-corrected chi connectivity index (χ4v) is 3.93. The van der Waals surface area contributed by atoms with Gasteiger partial charge in [-0.25, -0.2) is 9.97 Å². The van der Waals surface area contributed by atoms with Crippen molar-refractivity contribution in [3.05, 3.63) is 24.3 Å². The summed E-state index contributed by atoms with van der Waals surface area (Å²) in [5, 5.41) is 3.39. The zero-order valence-corrected chi connectivity index (χ0v) is 21.1. The van der Waals surface area contributed by atoms with Crippen LogP contribution in [0.1, 0.15) is 39.5 Å². The minimum Gasteiger partial charge on any atom is -0.493 e. The second kappa shape index (κ2) is 12.3. The van der Waals surface area contributed by atoms with Gasteiger partial charge in [0.2, 0.25) is 11.7 Å². The molecule has 3 aromatic rings. The Morgan fingerprint density at radius 1 is 0.941 bits per heavy atom. The van der Waals surface area contributed by atoms with E-state index in [1.165, 1.54) is 0 Å². The van der Waals surface area contributed by atoms with Crippen molar-refractivity contribution in [2.24, 2.45) is 5.73 Å². The highest BCUT2D eigenvalue weighted by Crippen LogP contribution is 2.40. The van der Waals surface area contributed by atoms with Gasteiger partial charge in [-0.2, -0.15) is 0 Å². The molecule has 2 aromatic heterocycles.